The van der Waals surface area contributed by atoms with Crippen LogP contribution in [-0.4, -0.2) is 32.8 Å². The average molecular weight is 420 g/mol. The smallest absolute Gasteiger partial charge is 0.244 e. The van der Waals surface area contributed by atoms with E-state index in [0.717, 1.165) is 24.2 Å². The molecule has 1 fully saturated rings. The van der Waals surface area contributed by atoms with Crippen LogP contribution < -0.4 is 10.1 Å². The van der Waals surface area contributed by atoms with Crippen LogP contribution in [0, 0.1) is 0 Å². The van der Waals surface area contributed by atoms with E-state index in [4.69, 9.17) is 32.7 Å². The molecule has 1 amide bonds. The Morgan fingerprint density at radius 2 is 1.86 bits per heavy atom. The fourth-order valence-electron chi connectivity index (χ4n) is 3.38. The Kier molecular flexibility index (Phi) is 7.00. The van der Waals surface area contributed by atoms with E-state index in [1.54, 1.807) is 25.3 Å². The average Bonchev–Trinajstić information content (AvgIpc) is 2.74. The van der Waals surface area contributed by atoms with Gasteiger partial charge in [-0.1, -0.05) is 41.4 Å². The third kappa shape index (κ3) is 5.07. The van der Waals surface area contributed by atoms with Gasteiger partial charge >= 0.3 is 0 Å². The van der Waals surface area contributed by atoms with Crippen LogP contribution in [-0.2, 0) is 14.9 Å². The van der Waals surface area contributed by atoms with Crippen molar-refractivity contribution in [2.75, 3.05) is 26.9 Å². The summed E-state index contributed by atoms with van der Waals surface area (Å²) in [6.07, 6.45) is 4.95. The first-order valence-corrected chi connectivity index (χ1v) is 9.91. The van der Waals surface area contributed by atoms with Gasteiger partial charge in [-0.2, -0.15) is 0 Å². The molecule has 0 radical (unpaired) electrons. The normalized spacial score (nSPS) is 16.1. The number of rotatable bonds is 6. The van der Waals surface area contributed by atoms with E-state index in [1.807, 2.05) is 18.2 Å². The van der Waals surface area contributed by atoms with Crippen LogP contribution in [0.1, 0.15) is 24.0 Å². The molecule has 28 heavy (non-hydrogen) atoms. The molecular weight excluding hydrogens is 397 g/mol. The van der Waals surface area contributed by atoms with Crippen LogP contribution in [0.2, 0.25) is 10.0 Å². The molecule has 1 N–H and O–H groups in total. The summed E-state index contributed by atoms with van der Waals surface area (Å²) in [4.78, 5) is 12.4. The van der Waals surface area contributed by atoms with E-state index in [-0.39, 0.29) is 11.3 Å². The lowest BCUT2D eigenvalue weighted by atomic mass is 9.74. The van der Waals surface area contributed by atoms with Gasteiger partial charge in [0.2, 0.25) is 5.91 Å². The lowest BCUT2D eigenvalue weighted by Gasteiger charge is -2.38. The quantitative estimate of drug-likeness (QED) is 0.678. The molecule has 3 rings (SSSR count). The van der Waals surface area contributed by atoms with Crippen LogP contribution in [0.15, 0.2) is 48.5 Å². The first-order valence-electron chi connectivity index (χ1n) is 9.16. The van der Waals surface area contributed by atoms with Gasteiger partial charge in [0.25, 0.3) is 0 Å². The monoisotopic (exact) mass is 419 g/mol. The maximum absolute atomic E-state index is 12.4. The molecule has 1 aliphatic rings. The van der Waals surface area contributed by atoms with Crippen molar-refractivity contribution in [1.29, 1.82) is 0 Å². The van der Waals surface area contributed by atoms with Gasteiger partial charge in [0.1, 0.15) is 5.75 Å². The maximum atomic E-state index is 12.4. The van der Waals surface area contributed by atoms with Crippen molar-refractivity contribution >= 4 is 35.2 Å². The van der Waals surface area contributed by atoms with Crippen molar-refractivity contribution in [3.05, 3.63) is 69.7 Å². The van der Waals surface area contributed by atoms with Crippen LogP contribution in [0.25, 0.3) is 6.08 Å². The summed E-state index contributed by atoms with van der Waals surface area (Å²) in [7, 11) is 1.65. The minimum atomic E-state index is -0.148. The van der Waals surface area contributed by atoms with Gasteiger partial charge in [-0.25, -0.2) is 0 Å². The molecule has 0 bridgehead atoms. The fourth-order valence-corrected chi connectivity index (χ4v) is 3.68. The minimum absolute atomic E-state index is 0.141. The zero-order valence-electron chi connectivity index (χ0n) is 15.7. The number of ether oxygens (including phenoxy) is 2. The Bertz CT molecular complexity index is 843. The summed E-state index contributed by atoms with van der Waals surface area (Å²) < 4.78 is 10.8. The predicted molar refractivity (Wildman–Crippen MR) is 113 cm³/mol. The van der Waals surface area contributed by atoms with Crippen LogP contribution in [0.5, 0.6) is 5.75 Å². The first kappa shape index (κ1) is 20.7. The van der Waals surface area contributed by atoms with E-state index in [2.05, 4.69) is 17.4 Å². The zero-order valence-corrected chi connectivity index (χ0v) is 17.2. The maximum Gasteiger partial charge on any atom is 0.244 e. The SMILES string of the molecule is COc1ccc(C2(CNC(=O)/C=C/c3ccc(Cl)c(Cl)c3)CCOCC2)cc1. The molecule has 148 valence electrons. The molecule has 0 spiro atoms. The number of nitrogens with one attached hydrogen (secondary N) is 1. The standard InChI is InChI=1S/C22H23Cl2NO3/c1-27-18-6-4-17(5-7-18)22(10-12-28-13-11-22)15-25-21(26)9-3-16-2-8-19(23)20(24)14-16/h2-9,14H,10-13,15H2,1H3,(H,25,26)/b9-3+. The second kappa shape index (κ2) is 9.46. The van der Waals surface area contributed by atoms with E-state index < -0.39 is 0 Å². The Morgan fingerprint density at radius 1 is 1.14 bits per heavy atom. The molecule has 2 aromatic rings. The Labute approximate surface area is 175 Å². The Balaban J connectivity index is 1.68. The van der Waals surface area contributed by atoms with Crippen molar-refractivity contribution in [3.63, 3.8) is 0 Å². The van der Waals surface area contributed by atoms with E-state index in [1.165, 1.54) is 11.6 Å². The number of carbonyl (C=O) groups is 1. The van der Waals surface area contributed by atoms with Gasteiger partial charge in [-0.3, -0.25) is 4.79 Å². The van der Waals surface area contributed by atoms with E-state index in [9.17, 15) is 4.79 Å². The minimum Gasteiger partial charge on any atom is -0.497 e. The summed E-state index contributed by atoms with van der Waals surface area (Å²) in [5, 5.41) is 4.00. The Hall–Kier alpha value is -2.01. The first-order chi connectivity index (χ1) is 13.5. The summed E-state index contributed by atoms with van der Waals surface area (Å²) in [6, 6.07) is 13.3. The molecule has 0 unspecified atom stereocenters. The summed E-state index contributed by atoms with van der Waals surface area (Å²) in [6.45, 7) is 1.91. The lowest BCUT2D eigenvalue weighted by molar-refractivity contribution is -0.116. The van der Waals surface area contributed by atoms with Crippen LogP contribution >= 0.6 is 23.2 Å². The lowest BCUT2D eigenvalue weighted by Crippen LogP contribution is -2.44. The third-order valence-corrected chi connectivity index (χ3v) is 5.86. The molecule has 0 aliphatic carbocycles. The number of hydrogen-bond donors (Lipinski definition) is 1. The number of carbonyl (C=O) groups excluding carboxylic acids is 1. The van der Waals surface area contributed by atoms with Gasteiger partial charge in [0, 0.05) is 31.2 Å². The molecular formula is C22H23Cl2NO3. The van der Waals surface area contributed by atoms with Gasteiger partial charge in [0.05, 0.1) is 17.2 Å². The molecule has 1 aliphatic heterocycles. The van der Waals surface area contributed by atoms with Crippen molar-refractivity contribution in [2.45, 2.75) is 18.3 Å². The second-order valence-electron chi connectivity index (χ2n) is 6.85. The molecule has 6 heteroatoms. The molecule has 4 nitrogen and oxygen atoms in total. The highest BCUT2D eigenvalue weighted by Gasteiger charge is 2.34. The van der Waals surface area contributed by atoms with Crippen molar-refractivity contribution in [3.8, 4) is 5.75 Å². The second-order valence-corrected chi connectivity index (χ2v) is 7.66. The Morgan fingerprint density at radius 3 is 2.50 bits per heavy atom. The van der Waals surface area contributed by atoms with Crippen molar-refractivity contribution < 1.29 is 14.3 Å². The molecule has 1 saturated heterocycles. The van der Waals surface area contributed by atoms with Gasteiger partial charge in [-0.15, -0.1) is 0 Å². The third-order valence-electron chi connectivity index (χ3n) is 5.12. The highest BCUT2D eigenvalue weighted by atomic mass is 35.5. The van der Waals surface area contributed by atoms with Crippen LogP contribution in [0.3, 0.4) is 0 Å². The summed E-state index contributed by atoms with van der Waals surface area (Å²) in [5.41, 5.74) is 1.86. The summed E-state index contributed by atoms with van der Waals surface area (Å²) >= 11 is 11.9. The summed E-state index contributed by atoms with van der Waals surface area (Å²) in [5.74, 6) is 0.671. The predicted octanol–water partition coefficient (Wildman–Crippen LogP) is 4.88. The molecule has 0 aromatic heterocycles. The molecule has 1 heterocycles. The van der Waals surface area contributed by atoms with Gasteiger partial charge in [0.15, 0.2) is 0 Å². The number of methoxy groups -OCH3 is 1. The molecule has 2 aromatic carbocycles. The largest absolute Gasteiger partial charge is 0.497 e. The number of amides is 1. The topological polar surface area (TPSA) is 47.6 Å². The van der Waals surface area contributed by atoms with E-state index in [0.29, 0.717) is 29.8 Å². The van der Waals surface area contributed by atoms with Crippen molar-refractivity contribution in [2.24, 2.45) is 0 Å². The molecule has 0 saturated carbocycles. The molecule has 0 atom stereocenters. The van der Waals surface area contributed by atoms with Crippen LogP contribution in [0.4, 0.5) is 0 Å². The zero-order chi connectivity index (χ0) is 20.0. The highest BCUT2D eigenvalue weighted by Crippen LogP contribution is 2.35. The fraction of sp³-hybridized carbons (Fsp3) is 0.318. The van der Waals surface area contributed by atoms with Gasteiger partial charge in [-0.05, 0) is 54.3 Å². The van der Waals surface area contributed by atoms with Gasteiger partial charge < -0.3 is 14.8 Å². The number of halogens is 2. The highest BCUT2D eigenvalue weighted by molar-refractivity contribution is 6.42. The number of benzene rings is 2. The number of hydrogen-bond acceptors (Lipinski definition) is 3. The van der Waals surface area contributed by atoms with E-state index >= 15 is 0 Å². The van der Waals surface area contributed by atoms with Crippen molar-refractivity contribution in [1.82, 2.24) is 5.32 Å².